The van der Waals surface area contributed by atoms with Crippen LogP contribution in [0.4, 0.5) is 4.79 Å². The average molecular weight is 304 g/mol. The lowest BCUT2D eigenvalue weighted by Gasteiger charge is -2.27. The molecule has 2 amide bonds. The third-order valence-electron chi connectivity index (χ3n) is 5.55. The fourth-order valence-corrected chi connectivity index (χ4v) is 4.08. The van der Waals surface area contributed by atoms with E-state index in [1.807, 2.05) is 16.8 Å². The van der Waals surface area contributed by atoms with Crippen molar-refractivity contribution in [3.8, 4) is 0 Å². The number of likely N-dealkylation sites (N-methyl/N-ethyl adjacent to an activating group) is 1. The Morgan fingerprint density at radius 1 is 1.14 bits per heavy atom. The van der Waals surface area contributed by atoms with Crippen LogP contribution in [-0.4, -0.2) is 49.4 Å². The summed E-state index contributed by atoms with van der Waals surface area (Å²) in [6.07, 6.45) is 11.4. The van der Waals surface area contributed by atoms with E-state index in [1.54, 1.807) is 0 Å². The molecule has 0 bridgehead atoms. The first kappa shape index (κ1) is 17.7. The van der Waals surface area contributed by atoms with E-state index in [0.717, 1.165) is 19.4 Å². The Morgan fingerprint density at radius 2 is 1.77 bits per heavy atom. The molecule has 2 fully saturated rings. The molecule has 2 radical (unpaired) electrons. The Hall–Kier alpha value is -0.665. The molecule has 1 saturated heterocycles. The molecule has 1 heterocycles. The van der Waals surface area contributed by atoms with Crippen LogP contribution in [0.2, 0.25) is 5.82 Å². The molecule has 1 aliphatic carbocycles. The highest BCUT2D eigenvalue weighted by atomic mass is 16.2. The Kier molecular flexibility index (Phi) is 6.64. The molecule has 0 spiro atoms. The van der Waals surface area contributed by atoms with Crippen molar-refractivity contribution >= 4 is 13.9 Å². The molecule has 2 aliphatic rings. The lowest BCUT2D eigenvalue weighted by Crippen LogP contribution is -2.35. The Morgan fingerprint density at radius 3 is 2.41 bits per heavy atom. The first-order chi connectivity index (χ1) is 10.5. The lowest BCUT2D eigenvalue weighted by atomic mass is 9.73. The molecule has 3 nitrogen and oxygen atoms in total. The SMILES string of the molecule is [B]C1CCCCCCCC(CC2CN(C(C)C)C(=O)N2C)C1. The summed E-state index contributed by atoms with van der Waals surface area (Å²) in [6, 6.07) is 0.866. The van der Waals surface area contributed by atoms with E-state index in [-0.39, 0.29) is 6.03 Å². The van der Waals surface area contributed by atoms with E-state index in [2.05, 4.69) is 13.8 Å². The predicted molar refractivity (Wildman–Crippen MR) is 93.3 cm³/mol. The zero-order chi connectivity index (χ0) is 16.1. The highest BCUT2D eigenvalue weighted by Gasteiger charge is 2.36. The molecule has 22 heavy (non-hydrogen) atoms. The summed E-state index contributed by atoms with van der Waals surface area (Å²) in [6.45, 7) is 5.10. The van der Waals surface area contributed by atoms with Crippen molar-refractivity contribution in [2.75, 3.05) is 13.6 Å². The molecule has 0 aromatic rings. The molecule has 2 rings (SSSR count). The van der Waals surface area contributed by atoms with Crippen LogP contribution in [0, 0.1) is 5.92 Å². The molecule has 0 aromatic heterocycles. The molecule has 4 heteroatoms. The number of amides is 2. The van der Waals surface area contributed by atoms with Gasteiger partial charge in [0, 0.05) is 19.6 Å². The molecule has 3 atom stereocenters. The van der Waals surface area contributed by atoms with Gasteiger partial charge in [-0.1, -0.05) is 57.2 Å². The minimum absolute atomic E-state index is 0.198. The van der Waals surface area contributed by atoms with Gasteiger partial charge < -0.3 is 9.80 Å². The van der Waals surface area contributed by atoms with Gasteiger partial charge in [0.1, 0.15) is 0 Å². The zero-order valence-electron chi connectivity index (χ0n) is 14.8. The number of hydrogen-bond acceptors (Lipinski definition) is 1. The van der Waals surface area contributed by atoms with Gasteiger partial charge in [-0.15, -0.1) is 0 Å². The second-order valence-electron chi connectivity index (χ2n) is 7.74. The lowest BCUT2D eigenvalue weighted by molar-refractivity contribution is 0.185. The maximum absolute atomic E-state index is 12.3. The summed E-state index contributed by atoms with van der Waals surface area (Å²) in [5.74, 6) is 1.03. The first-order valence-corrected chi connectivity index (χ1v) is 9.28. The van der Waals surface area contributed by atoms with Gasteiger partial charge in [-0.25, -0.2) is 4.79 Å². The summed E-state index contributed by atoms with van der Waals surface area (Å²) in [5, 5.41) is 0. The monoisotopic (exact) mass is 304 g/mol. The number of urea groups is 1. The van der Waals surface area contributed by atoms with Crippen molar-refractivity contribution < 1.29 is 4.79 Å². The van der Waals surface area contributed by atoms with Crippen LogP contribution in [0.15, 0.2) is 0 Å². The van der Waals surface area contributed by atoms with Gasteiger partial charge in [0.2, 0.25) is 0 Å². The molecule has 3 unspecified atom stereocenters. The molecular weight excluding hydrogens is 271 g/mol. The van der Waals surface area contributed by atoms with E-state index in [4.69, 9.17) is 7.85 Å². The maximum Gasteiger partial charge on any atom is 0.320 e. The highest BCUT2D eigenvalue weighted by molar-refractivity contribution is 6.11. The standard InChI is InChI=1S/C18H33BN2O/c1-14(2)21-13-17(20(3)18(21)22)12-15-9-7-5-4-6-8-10-16(19)11-15/h14-17H,4-13H2,1-3H3. The van der Waals surface area contributed by atoms with Crippen LogP contribution >= 0.6 is 0 Å². The van der Waals surface area contributed by atoms with Gasteiger partial charge in [0.15, 0.2) is 0 Å². The minimum atomic E-state index is 0.198. The van der Waals surface area contributed by atoms with Gasteiger partial charge in [-0.05, 0) is 26.2 Å². The van der Waals surface area contributed by atoms with Crippen LogP contribution < -0.4 is 0 Å². The number of carbonyl (C=O) groups is 1. The van der Waals surface area contributed by atoms with Gasteiger partial charge in [0.25, 0.3) is 0 Å². The fourth-order valence-electron chi connectivity index (χ4n) is 4.08. The molecule has 1 saturated carbocycles. The van der Waals surface area contributed by atoms with Gasteiger partial charge in [-0.2, -0.15) is 0 Å². The topological polar surface area (TPSA) is 23.6 Å². The molecule has 0 N–H and O–H groups in total. The average Bonchev–Trinajstić information content (AvgIpc) is 2.74. The van der Waals surface area contributed by atoms with Crippen molar-refractivity contribution in [1.29, 1.82) is 0 Å². The van der Waals surface area contributed by atoms with Crippen molar-refractivity contribution in [3.05, 3.63) is 0 Å². The van der Waals surface area contributed by atoms with Gasteiger partial charge in [0.05, 0.1) is 13.9 Å². The second-order valence-corrected chi connectivity index (χ2v) is 7.74. The van der Waals surface area contributed by atoms with E-state index in [0.29, 0.717) is 23.8 Å². The van der Waals surface area contributed by atoms with Crippen molar-refractivity contribution in [2.45, 2.75) is 89.5 Å². The molecule has 0 aromatic carbocycles. The van der Waals surface area contributed by atoms with Crippen molar-refractivity contribution in [2.24, 2.45) is 5.92 Å². The normalized spacial score (nSPS) is 31.8. The zero-order valence-corrected chi connectivity index (χ0v) is 14.8. The van der Waals surface area contributed by atoms with Gasteiger partial charge >= 0.3 is 6.03 Å². The molecule has 1 aliphatic heterocycles. The number of nitrogens with zero attached hydrogens (tertiary/aromatic N) is 2. The Balaban J connectivity index is 1.93. The van der Waals surface area contributed by atoms with Crippen LogP contribution in [0.25, 0.3) is 0 Å². The Labute approximate surface area is 138 Å². The van der Waals surface area contributed by atoms with Crippen LogP contribution in [0.3, 0.4) is 0 Å². The van der Waals surface area contributed by atoms with Crippen LogP contribution in [0.1, 0.15) is 71.6 Å². The van der Waals surface area contributed by atoms with Crippen molar-refractivity contribution in [3.63, 3.8) is 0 Å². The number of carbonyl (C=O) groups excluding carboxylic acids is 1. The third-order valence-corrected chi connectivity index (χ3v) is 5.55. The number of hydrogen-bond donors (Lipinski definition) is 0. The van der Waals surface area contributed by atoms with E-state index in [9.17, 15) is 4.79 Å². The van der Waals surface area contributed by atoms with E-state index >= 15 is 0 Å². The third kappa shape index (κ3) is 4.66. The largest absolute Gasteiger partial charge is 0.323 e. The highest BCUT2D eigenvalue weighted by Crippen LogP contribution is 2.32. The minimum Gasteiger partial charge on any atom is -0.323 e. The summed E-state index contributed by atoms with van der Waals surface area (Å²) >= 11 is 0. The van der Waals surface area contributed by atoms with E-state index in [1.165, 1.54) is 44.9 Å². The van der Waals surface area contributed by atoms with Crippen LogP contribution in [0.5, 0.6) is 0 Å². The van der Waals surface area contributed by atoms with Gasteiger partial charge in [-0.3, -0.25) is 0 Å². The first-order valence-electron chi connectivity index (χ1n) is 9.28. The summed E-state index contributed by atoms with van der Waals surface area (Å²) < 4.78 is 0. The maximum atomic E-state index is 12.3. The Bertz CT molecular complexity index is 361. The number of rotatable bonds is 3. The molecular formula is C18H33BN2O. The summed E-state index contributed by atoms with van der Waals surface area (Å²) in [4.78, 5) is 16.3. The predicted octanol–water partition coefficient (Wildman–Crippen LogP) is 4.23. The fraction of sp³-hybridized carbons (Fsp3) is 0.944. The van der Waals surface area contributed by atoms with Crippen LogP contribution in [-0.2, 0) is 0 Å². The molecule has 124 valence electrons. The van der Waals surface area contributed by atoms with Crippen molar-refractivity contribution in [1.82, 2.24) is 9.80 Å². The van der Waals surface area contributed by atoms with E-state index < -0.39 is 0 Å². The summed E-state index contributed by atoms with van der Waals surface area (Å²) in [5.41, 5.74) is 0. The second kappa shape index (κ2) is 8.26. The summed E-state index contributed by atoms with van der Waals surface area (Å²) in [7, 11) is 8.30. The quantitative estimate of drug-likeness (QED) is 0.716. The smallest absolute Gasteiger partial charge is 0.320 e.